The number of hydrogen-bond acceptors (Lipinski definition) is 3. The van der Waals surface area contributed by atoms with Crippen molar-refractivity contribution in [2.75, 3.05) is 6.54 Å². The van der Waals surface area contributed by atoms with Gasteiger partial charge in [0.1, 0.15) is 5.41 Å². The topological polar surface area (TPSA) is 79.3 Å². The van der Waals surface area contributed by atoms with Gasteiger partial charge in [0.25, 0.3) is 5.91 Å². The Balaban J connectivity index is 1.76. The molecule has 0 unspecified atom stereocenters. The molecule has 0 aliphatic heterocycles. The van der Waals surface area contributed by atoms with Gasteiger partial charge in [0.15, 0.2) is 0 Å². The molecule has 4 rings (SSSR count). The highest BCUT2D eigenvalue weighted by Crippen LogP contribution is 2.34. The minimum Gasteiger partial charge on any atom is -0.481 e. The number of carboxylic acid groups (broad SMARTS) is 1. The van der Waals surface area contributed by atoms with Crippen molar-refractivity contribution >= 4 is 38.7 Å². The lowest BCUT2D eigenvalue weighted by molar-refractivity contribution is -0.143. The molecule has 1 aromatic heterocycles. The summed E-state index contributed by atoms with van der Waals surface area (Å²) >= 11 is 3.42. The third-order valence-electron chi connectivity index (χ3n) is 6.37. The second-order valence-corrected chi connectivity index (χ2v) is 9.80. The average molecular weight is 571 g/mol. The molecular weight excluding hydrogens is 549 g/mol. The van der Waals surface area contributed by atoms with Gasteiger partial charge >= 0.3 is 12.1 Å². The highest BCUT2D eigenvalue weighted by Gasteiger charge is 2.38. The van der Waals surface area contributed by atoms with Crippen LogP contribution in [0.15, 0.2) is 77.3 Å². The standard InChI is InChI=1S/C28H22BrF3N2O3/c1-16-23(21-14-20(29)11-12-22(21)34-24(16)17-7-4-3-5-8-17)25(35)33-15-27(2,26(36)37)18-9-6-10-19(13-18)28(30,31)32/h3-14H,15H2,1-2H3,(H,33,35)(H,36,37)/t27-/m1/s1. The van der Waals surface area contributed by atoms with Crippen molar-refractivity contribution in [2.45, 2.75) is 25.4 Å². The molecular formula is C28H22BrF3N2O3. The molecule has 1 atom stereocenters. The zero-order valence-electron chi connectivity index (χ0n) is 19.9. The number of carbonyl (C=O) groups excluding carboxylic acids is 1. The Bertz CT molecular complexity index is 1510. The van der Waals surface area contributed by atoms with E-state index in [4.69, 9.17) is 4.98 Å². The van der Waals surface area contributed by atoms with Crippen LogP contribution in [0.1, 0.15) is 34.0 Å². The van der Waals surface area contributed by atoms with Crippen LogP contribution in [0.3, 0.4) is 0 Å². The molecule has 1 amide bonds. The molecule has 190 valence electrons. The van der Waals surface area contributed by atoms with Gasteiger partial charge in [0, 0.05) is 22.0 Å². The summed E-state index contributed by atoms with van der Waals surface area (Å²) in [5.41, 5.74) is 0.0224. The Hall–Kier alpha value is -3.72. The van der Waals surface area contributed by atoms with Crippen LogP contribution in [0, 0.1) is 6.92 Å². The summed E-state index contributed by atoms with van der Waals surface area (Å²) in [5.74, 6) is -1.92. The summed E-state index contributed by atoms with van der Waals surface area (Å²) in [6.07, 6.45) is -4.63. The maximum absolute atomic E-state index is 13.6. The quantitative estimate of drug-likeness (QED) is 0.268. The van der Waals surface area contributed by atoms with Gasteiger partial charge in [-0.3, -0.25) is 9.59 Å². The lowest BCUT2D eigenvalue weighted by atomic mass is 9.81. The highest BCUT2D eigenvalue weighted by atomic mass is 79.9. The second kappa shape index (κ2) is 9.97. The number of amides is 1. The SMILES string of the molecule is Cc1c(-c2ccccc2)nc2ccc(Br)cc2c1C(=O)NC[C@@](C)(C(=O)O)c1cccc(C(F)(F)F)c1. The third-order valence-corrected chi connectivity index (χ3v) is 6.86. The number of rotatable bonds is 6. The molecule has 9 heteroatoms. The Labute approximate surface area is 219 Å². The predicted octanol–water partition coefficient (Wildman–Crippen LogP) is 6.76. The van der Waals surface area contributed by atoms with Crippen LogP contribution in [0.4, 0.5) is 13.2 Å². The second-order valence-electron chi connectivity index (χ2n) is 8.89. The molecule has 0 saturated heterocycles. The smallest absolute Gasteiger partial charge is 0.416 e. The zero-order valence-corrected chi connectivity index (χ0v) is 21.4. The number of fused-ring (bicyclic) bond motifs is 1. The Morgan fingerprint density at radius 3 is 2.30 bits per heavy atom. The van der Waals surface area contributed by atoms with Gasteiger partial charge in [-0.15, -0.1) is 0 Å². The number of hydrogen-bond donors (Lipinski definition) is 2. The largest absolute Gasteiger partial charge is 0.481 e. The van der Waals surface area contributed by atoms with E-state index in [1.54, 1.807) is 25.1 Å². The number of nitrogens with zero attached hydrogens (tertiary/aromatic N) is 1. The molecule has 0 radical (unpaired) electrons. The van der Waals surface area contributed by atoms with Gasteiger partial charge in [-0.1, -0.05) is 64.5 Å². The number of carbonyl (C=O) groups is 2. The summed E-state index contributed by atoms with van der Waals surface area (Å²) in [6, 6.07) is 18.8. The number of alkyl halides is 3. The Morgan fingerprint density at radius 1 is 0.973 bits per heavy atom. The molecule has 1 heterocycles. The zero-order chi connectivity index (χ0) is 27.0. The monoisotopic (exact) mass is 570 g/mol. The normalized spacial score (nSPS) is 13.2. The lowest BCUT2D eigenvalue weighted by Gasteiger charge is -2.27. The summed E-state index contributed by atoms with van der Waals surface area (Å²) in [5, 5.41) is 13.2. The fraction of sp³-hybridized carbons (Fsp3) is 0.179. The molecule has 0 saturated carbocycles. The number of aliphatic carboxylic acids is 1. The van der Waals surface area contributed by atoms with E-state index in [0.29, 0.717) is 27.7 Å². The van der Waals surface area contributed by atoms with E-state index in [9.17, 15) is 27.9 Å². The number of pyridine rings is 1. The molecule has 0 aliphatic rings. The number of benzene rings is 3. The van der Waals surface area contributed by atoms with Gasteiger partial charge in [-0.2, -0.15) is 13.2 Å². The van der Waals surface area contributed by atoms with Crippen LogP contribution in [0.2, 0.25) is 0 Å². The van der Waals surface area contributed by atoms with Crippen molar-refractivity contribution in [3.05, 3.63) is 99.5 Å². The third kappa shape index (κ3) is 5.22. The number of aromatic nitrogens is 1. The first-order valence-electron chi connectivity index (χ1n) is 11.3. The minimum absolute atomic E-state index is 0.0702. The van der Waals surface area contributed by atoms with Crippen molar-refractivity contribution in [2.24, 2.45) is 0 Å². The van der Waals surface area contributed by atoms with Crippen molar-refractivity contribution < 1.29 is 27.9 Å². The van der Waals surface area contributed by atoms with Crippen LogP contribution in [-0.4, -0.2) is 28.5 Å². The molecule has 0 bridgehead atoms. The summed E-state index contributed by atoms with van der Waals surface area (Å²) in [6.45, 7) is 2.61. The van der Waals surface area contributed by atoms with E-state index in [1.807, 2.05) is 30.3 Å². The Morgan fingerprint density at radius 2 is 1.65 bits per heavy atom. The summed E-state index contributed by atoms with van der Waals surface area (Å²) in [7, 11) is 0. The van der Waals surface area contributed by atoms with Crippen molar-refractivity contribution in [1.82, 2.24) is 10.3 Å². The summed E-state index contributed by atoms with van der Waals surface area (Å²) < 4.78 is 40.5. The number of halogens is 4. The van der Waals surface area contributed by atoms with E-state index in [1.165, 1.54) is 13.0 Å². The molecule has 0 fully saturated rings. The van der Waals surface area contributed by atoms with Crippen molar-refractivity contribution in [3.8, 4) is 11.3 Å². The first kappa shape index (κ1) is 26.3. The van der Waals surface area contributed by atoms with Gasteiger partial charge in [0.05, 0.1) is 22.3 Å². The van der Waals surface area contributed by atoms with Crippen LogP contribution in [0.5, 0.6) is 0 Å². The van der Waals surface area contributed by atoms with E-state index in [2.05, 4.69) is 21.2 Å². The van der Waals surface area contributed by atoms with Crippen LogP contribution in [-0.2, 0) is 16.4 Å². The average Bonchev–Trinajstić information content (AvgIpc) is 2.86. The molecule has 2 N–H and O–H groups in total. The van der Waals surface area contributed by atoms with E-state index >= 15 is 0 Å². The van der Waals surface area contributed by atoms with E-state index in [0.717, 1.165) is 28.2 Å². The highest BCUT2D eigenvalue weighted by molar-refractivity contribution is 9.10. The fourth-order valence-corrected chi connectivity index (χ4v) is 4.55. The van der Waals surface area contributed by atoms with Gasteiger partial charge in [-0.05, 0) is 49.2 Å². The van der Waals surface area contributed by atoms with Crippen molar-refractivity contribution in [1.29, 1.82) is 0 Å². The molecule has 0 spiro atoms. The number of nitrogens with one attached hydrogen (secondary N) is 1. The summed E-state index contributed by atoms with van der Waals surface area (Å²) in [4.78, 5) is 30.6. The Kier molecular flexibility index (Phi) is 7.10. The van der Waals surface area contributed by atoms with Crippen molar-refractivity contribution in [3.63, 3.8) is 0 Å². The minimum atomic E-state index is -4.63. The molecule has 0 aliphatic carbocycles. The van der Waals surface area contributed by atoms with Gasteiger partial charge < -0.3 is 10.4 Å². The molecule has 37 heavy (non-hydrogen) atoms. The fourth-order valence-electron chi connectivity index (χ4n) is 4.19. The maximum atomic E-state index is 13.6. The van der Waals surface area contributed by atoms with Crippen LogP contribution in [0.25, 0.3) is 22.2 Å². The number of carboxylic acids is 1. The van der Waals surface area contributed by atoms with Crippen LogP contribution < -0.4 is 5.32 Å². The molecule has 5 nitrogen and oxygen atoms in total. The van der Waals surface area contributed by atoms with Gasteiger partial charge in [-0.25, -0.2) is 4.98 Å². The molecule has 3 aromatic carbocycles. The first-order valence-corrected chi connectivity index (χ1v) is 12.1. The van der Waals surface area contributed by atoms with E-state index in [-0.39, 0.29) is 5.56 Å². The lowest BCUT2D eigenvalue weighted by Crippen LogP contribution is -2.44. The predicted molar refractivity (Wildman–Crippen MR) is 138 cm³/mol. The van der Waals surface area contributed by atoms with Crippen LogP contribution >= 0.6 is 15.9 Å². The van der Waals surface area contributed by atoms with Gasteiger partial charge in [0.2, 0.25) is 0 Å². The first-order chi connectivity index (χ1) is 17.4. The maximum Gasteiger partial charge on any atom is 0.416 e. The van der Waals surface area contributed by atoms with E-state index < -0.39 is 35.6 Å². The molecule has 4 aromatic rings.